The summed E-state index contributed by atoms with van der Waals surface area (Å²) >= 11 is 0. The molecule has 15 heteroatoms. The minimum atomic E-state index is 0.453. The third-order valence-electron chi connectivity index (χ3n) is 20.7. The molecule has 4 saturated heterocycles. The molecule has 14 heterocycles. The van der Waals surface area contributed by atoms with Crippen LogP contribution in [0.25, 0.3) is 56.3 Å². The van der Waals surface area contributed by atoms with Gasteiger partial charge in [0.1, 0.15) is 70.1 Å². The molecule has 110 heavy (non-hydrogen) atoms. The second-order valence-electron chi connectivity index (χ2n) is 26.8. The molecule has 9 aliphatic heterocycles. The van der Waals surface area contributed by atoms with Crippen molar-refractivity contribution >= 4 is 50.1 Å². The number of pyridine rings is 5. The Hall–Kier alpha value is -8.83. The molecule has 5 fully saturated rings. The van der Waals surface area contributed by atoms with Crippen molar-refractivity contribution in [1.82, 2.24) is 0 Å². The zero-order valence-corrected chi connectivity index (χ0v) is 73.4. The lowest BCUT2D eigenvalue weighted by atomic mass is 9.47. The fraction of sp³-hybridized carbons (Fsp3) is 0.421. The molecular formula is C95H135B5N5O5+5. The van der Waals surface area contributed by atoms with Crippen LogP contribution < -0.4 is 62.7 Å². The van der Waals surface area contributed by atoms with Gasteiger partial charge < -0.3 is 23.5 Å². The van der Waals surface area contributed by atoms with Crippen LogP contribution >= 0.6 is 0 Å². The summed E-state index contributed by atoms with van der Waals surface area (Å²) in [7, 11) is 10.4. The Morgan fingerprint density at radius 2 is 0.691 bits per heavy atom. The van der Waals surface area contributed by atoms with E-state index in [0.29, 0.717) is 63.6 Å². The quantitative estimate of drug-likeness (QED) is 0.127. The predicted molar refractivity (Wildman–Crippen MR) is 474 cm³/mol. The van der Waals surface area contributed by atoms with Gasteiger partial charge in [-0.2, -0.15) is 0 Å². The minimum absolute atomic E-state index is 0.453. The van der Waals surface area contributed by atoms with Crippen LogP contribution in [0.15, 0.2) is 183 Å². The second-order valence-corrected chi connectivity index (χ2v) is 26.8. The van der Waals surface area contributed by atoms with Crippen LogP contribution in [0, 0.1) is 34.6 Å². The highest BCUT2D eigenvalue weighted by atomic mass is 16.5. The summed E-state index contributed by atoms with van der Waals surface area (Å²) in [6, 6.07) is 54.8. The highest BCUT2D eigenvalue weighted by molar-refractivity contribution is 7.44. The maximum atomic E-state index is 6.09. The molecule has 1 aliphatic carbocycles. The summed E-state index contributed by atoms with van der Waals surface area (Å²) in [5.41, 5.74) is 26.0. The number of ether oxygens (including phenoxy) is 3. The van der Waals surface area contributed by atoms with Gasteiger partial charge in [-0.3, -0.25) is 0 Å². The van der Waals surface area contributed by atoms with Gasteiger partial charge in [-0.25, -0.2) is 22.8 Å². The van der Waals surface area contributed by atoms with Crippen LogP contribution in [-0.4, -0.2) is 51.9 Å². The summed E-state index contributed by atoms with van der Waals surface area (Å²) in [5, 5.41) is 0. The molecule has 5 atom stereocenters. The van der Waals surface area contributed by atoms with E-state index in [2.05, 4.69) is 275 Å². The number of fused-ring (bicyclic) bond motifs is 15. The van der Waals surface area contributed by atoms with Gasteiger partial charge in [0.25, 0.3) is 0 Å². The Morgan fingerprint density at radius 1 is 0.327 bits per heavy atom. The van der Waals surface area contributed by atoms with Crippen molar-refractivity contribution in [3.8, 4) is 85.0 Å². The van der Waals surface area contributed by atoms with E-state index < -0.39 is 0 Å². The molecule has 580 valence electrons. The molecule has 0 amide bonds. The van der Waals surface area contributed by atoms with Gasteiger partial charge in [0.2, 0.25) is 41.9 Å². The Balaban J connectivity index is 0.000000203. The monoisotopic (exact) mass is 1480 g/mol. The molecule has 0 bridgehead atoms. The number of hydrogen-bond donors (Lipinski definition) is 0. The molecule has 10 aromatic rings. The highest BCUT2D eigenvalue weighted by Gasteiger charge is 2.58. The van der Waals surface area contributed by atoms with Crippen molar-refractivity contribution in [2.45, 2.75) is 235 Å². The first kappa shape index (κ1) is 90.1. The number of benzene rings is 5. The smallest absolute Gasteiger partial charge is 0.364 e. The second kappa shape index (κ2) is 43.1. The number of rotatable bonds is 5. The third-order valence-corrected chi connectivity index (χ3v) is 20.7. The predicted octanol–water partition coefficient (Wildman–Crippen LogP) is 19.7. The first-order valence-corrected chi connectivity index (χ1v) is 42.5. The maximum Gasteiger partial charge on any atom is 0.364 e. The van der Waals surface area contributed by atoms with Crippen molar-refractivity contribution < 1.29 is 46.4 Å². The van der Waals surface area contributed by atoms with Crippen molar-refractivity contribution in [3.05, 3.63) is 222 Å². The van der Waals surface area contributed by atoms with Crippen molar-refractivity contribution in [2.75, 3.05) is 0 Å². The average molecular weight is 1480 g/mol. The standard InChI is InChI=1S/C16H16NO.3C15H15BNO.C14H14B2NO.10C2H6/c1-10-11(14-5-3-4-8-17(14)2)6-7-12-13-9-15(13)18-16(10)12;1-10-11(13-5-3-4-8-17(13)2)6-7-12-15(10)18-14-9-16(12)14;1-10-6-7-11-12-9-16(12)18-15(11)14(10)13-5-3-4-8-17(13)2;1-10-6-7-11-15(18-13-9-16(11)13)14(10)12-5-3-4-8-17(12)2;1-10-6-7-11-14(18-16-9-15(11)16)13(10)12-5-3-4-8-17(12)2;10*1-2/h3-8,13,15H,9H2,1-2H3;3-8,14H,9H2,1-2H3;3-8,12H,9H2,1-2H3;3-8,13H,9H2,1-2H3;3-8H,9H2,1-2H3;10*1-2H3/q5*+1;;;;;;;;;;. The van der Waals surface area contributed by atoms with E-state index in [4.69, 9.17) is 23.5 Å². The van der Waals surface area contributed by atoms with E-state index in [-0.39, 0.29) is 0 Å². The van der Waals surface area contributed by atoms with Gasteiger partial charge in [-0.15, -0.1) is 0 Å². The third kappa shape index (κ3) is 19.5. The summed E-state index contributed by atoms with van der Waals surface area (Å²) in [5.74, 6) is 6.98. The number of aryl methyl sites for hydroxylation is 8. The zero-order valence-electron chi connectivity index (χ0n) is 73.4. The van der Waals surface area contributed by atoms with E-state index in [0.717, 1.165) is 28.7 Å². The summed E-state index contributed by atoms with van der Waals surface area (Å²) in [6.45, 7) is 53.7. The largest absolute Gasteiger partial charge is 0.569 e. The van der Waals surface area contributed by atoms with Crippen molar-refractivity contribution in [3.63, 3.8) is 0 Å². The van der Waals surface area contributed by atoms with E-state index in [1.54, 1.807) is 0 Å². The van der Waals surface area contributed by atoms with Crippen LogP contribution in [0.2, 0.25) is 25.2 Å². The fourth-order valence-corrected chi connectivity index (χ4v) is 15.0. The molecule has 5 aromatic carbocycles. The van der Waals surface area contributed by atoms with Gasteiger partial charge in [0.15, 0.2) is 37.6 Å². The number of nitrogens with zero attached hydrogens (tertiary/aromatic N) is 5. The first-order valence-electron chi connectivity index (χ1n) is 42.5. The molecule has 5 aromatic heterocycles. The van der Waals surface area contributed by atoms with Gasteiger partial charge in [-0.1, -0.05) is 193 Å². The van der Waals surface area contributed by atoms with Gasteiger partial charge >= 0.3 is 13.7 Å². The number of aromatic nitrogens is 5. The Bertz CT molecular complexity index is 4220. The van der Waals surface area contributed by atoms with Gasteiger partial charge in [0.05, 0.1) is 39.8 Å². The molecule has 0 radical (unpaired) electrons. The van der Waals surface area contributed by atoms with Crippen molar-refractivity contribution in [2.24, 2.45) is 35.2 Å². The van der Waals surface area contributed by atoms with Crippen LogP contribution in [0.5, 0.6) is 28.7 Å². The van der Waals surface area contributed by atoms with E-state index in [1.807, 2.05) is 138 Å². The lowest BCUT2D eigenvalue weighted by molar-refractivity contribution is -0.660. The van der Waals surface area contributed by atoms with E-state index in [1.165, 1.54) is 143 Å². The van der Waals surface area contributed by atoms with E-state index >= 15 is 0 Å². The highest BCUT2D eigenvalue weighted by Crippen LogP contribution is 2.57. The van der Waals surface area contributed by atoms with Crippen LogP contribution in [0.3, 0.4) is 0 Å². The zero-order chi connectivity index (χ0) is 81.4. The van der Waals surface area contributed by atoms with Crippen LogP contribution in [-0.2, 0) is 35.2 Å². The molecule has 1 saturated carbocycles. The summed E-state index contributed by atoms with van der Waals surface area (Å²) in [4.78, 5) is 0. The summed E-state index contributed by atoms with van der Waals surface area (Å²) in [6.07, 6.45) is 16.9. The molecule has 20 rings (SSSR count). The average Bonchev–Trinajstić information content (AvgIpc) is 1.55. The van der Waals surface area contributed by atoms with Gasteiger partial charge in [0, 0.05) is 89.1 Å². The van der Waals surface area contributed by atoms with E-state index in [9.17, 15) is 0 Å². The Kier molecular flexibility index (Phi) is 35.3. The van der Waals surface area contributed by atoms with Crippen molar-refractivity contribution in [1.29, 1.82) is 0 Å². The lowest BCUT2D eigenvalue weighted by Gasteiger charge is -2.13. The first-order chi connectivity index (χ1) is 53.8. The molecule has 0 N–H and O–H groups in total. The fourth-order valence-electron chi connectivity index (χ4n) is 15.0. The van der Waals surface area contributed by atoms with Crippen LogP contribution in [0.4, 0.5) is 0 Å². The minimum Gasteiger partial charge on any atom is -0.569 e. The lowest BCUT2D eigenvalue weighted by Crippen LogP contribution is -2.30. The normalized spacial score (nSPS) is 16.3. The number of hydrogen-bond acceptors (Lipinski definition) is 5. The molecule has 5 unspecified atom stereocenters. The molecule has 10 aliphatic rings. The maximum absolute atomic E-state index is 6.09. The summed E-state index contributed by atoms with van der Waals surface area (Å²) < 4.78 is 41.1. The molecule has 0 spiro atoms. The molecular weight excluding hydrogens is 1350 g/mol. The Morgan fingerprint density at radius 3 is 1.15 bits per heavy atom. The SMILES string of the molecule is CC.CC.CC.CC.CC.CC.CC.CC.CC.CC.Cc1c(-c2cccc[n+]2C)ccc2c1OC1CB21.Cc1c(-c2cccc[n+]2C)ccc2c1OC1CC21.Cc1ccc2c(c1-c1cccc[n+]1C)OB1CB12.Cc1ccc2c(c1-c1cccc[n+]1C)OB1CC12.Cc1ccc2c(c1-c1cccc[n+]1C)OC1CB21. The molecule has 10 nitrogen and oxygen atoms in total. The van der Waals surface area contributed by atoms with Gasteiger partial charge in [-0.05, 0) is 141 Å². The topological polar surface area (TPSA) is 65.5 Å². The Labute approximate surface area is 668 Å². The van der Waals surface area contributed by atoms with Crippen LogP contribution in [0.1, 0.15) is 196 Å².